The number of nitrogens with zero attached hydrogens (tertiary/aromatic N) is 4. The van der Waals surface area contributed by atoms with Crippen LogP contribution < -0.4 is 9.62 Å². The molecule has 3 aromatic heterocycles. The Labute approximate surface area is 239 Å². The second kappa shape index (κ2) is 10.1. The summed E-state index contributed by atoms with van der Waals surface area (Å²) in [6, 6.07) is 15.1. The molecule has 0 fully saturated rings. The molecule has 6 aromatic rings. The molecule has 3 aromatic carbocycles. The van der Waals surface area contributed by atoms with E-state index in [0.29, 0.717) is 27.9 Å². The van der Waals surface area contributed by atoms with Gasteiger partial charge in [-0.2, -0.15) is 0 Å². The molecule has 0 saturated carbocycles. The van der Waals surface area contributed by atoms with Crippen molar-refractivity contribution in [2.75, 3.05) is 24.7 Å². The molecule has 1 amide bonds. The van der Waals surface area contributed by atoms with Crippen LogP contribution in [0.2, 0.25) is 0 Å². The van der Waals surface area contributed by atoms with Gasteiger partial charge in [0.2, 0.25) is 15.9 Å². The minimum Gasteiger partial charge on any atom is -0.455 e. The van der Waals surface area contributed by atoms with Crippen molar-refractivity contribution in [2.24, 2.45) is 0 Å². The summed E-state index contributed by atoms with van der Waals surface area (Å²) >= 11 is 0. The number of sulfonamides is 1. The van der Waals surface area contributed by atoms with Gasteiger partial charge >= 0.3 is 0 Å². The van der Waals surface area contributed by atoms with Crippen LogP contribution in [0.1, 0.15) is 15.9 Å². The number of carbonyl (C=O) groups is 1. The molecule has 10 nitrogen and oxygen atoms in total. The van der Waals surface area contributed by atoms with Crippen LogP contribution in [0.5, 0.6) is 0 Å². The van der Waals surface area contributed by atoms with Gasteiger partial charge in [-0.05, 0) is 25.1 Å². The number of furan rings is 1. The van der Waals surface area contributed by atoms with Gasteiger partial charge in [-0.25, -0.2) is 22.8 Å². The van der Waals surface area contributed by atoms with E-state index in [0.717, 1.165) is 16.1 Å². The van der Waals surface area contributed by atoms with Gasteiger partial charge in [0.25, 0.3) is 5.91 Å². The number of hydrogen-bond acceptors (Lipinski definition) is 8. The van der Waals surface area contributed by atoms with Crippen molar-refractivity contribution in [2.45, 2.75) is 6.92 Å². The molecule has 0 saturated heterocycles. The van der Waals surface area contributed by atoms with Crippen LogP contribution in [-0.4, -0.2) is 49.6 Å². The van der Waals surface area contributed by atoms with E-state index in [9.17, 15) is 17.6 Å². The fourth-order valence-electron chi connectivity index (χ4n) is 4.66. The van der Waals surface area contributed by atoms with E-state index in [1.807, 2.05) is 31.2 Å². The van der Waals surface area contributed by atoms with E-state index >= 15 is 0 Å². The Bertz CT molecular complexity index is 2120. The van der Waals surface area contributed by atoms with E-state index in [1.165, 1.54) is 38.6 Å². The molecule has 0 unspecified atom stereocenters. The van der Waals surface area contributed by atoms with Crippen LogP contribution in [0.3, 0.4) is 0 Å². The molecule has 0 bridgehead atoms. The highest BCUT2D eigenvalue weighted by Crippen LogP contribution is 2.41. The summed E-state index contributed by atoms with van der Waals surface area (Å²) in [4.78, 5) is 26.3. The Morgan fingerprint density at radius 3 is 2.40 bits per heavy atom. The molecule has 6 rings (SSSR count). The van der Waals surface area contributed by atoms with E-state index in [1.54, 1.807) is 18.2 Å². The maximum absolute atomic E-state index is 14.3. The van der Waals surface area contributed by atoms with E-state index in [4.69, 9.17) is 8.83 Å². The predicted octanol–water partition coefficient (Wildman–Crippen LogP) is 5.57. The topological polar surface area (TPSA) is 131 Å². The van der Waals surface area contributed by atoms with Crippen molar-refractivity contribution in [3.05, 3.63) is 83.9 Å². The first-order chi connectivity index (χ1) is 20.0. The lowest BCUT2D eigenvalue weighted by molar-refractivity contribution is 0.0964. The summed E-state index contributed by atoms with van der Waals surface area (Å²) in [6.07, 6.45) is 3.94. The Kier molecular flexibility index (Phi) is 6.49. The molecule has 0 aliphatic heterocycles. The van der Waals surface area contributed by atoms with E-state index < -0.39 is 15.8 Å². The van der Waals surface area contributed by atoms with Crippen LogP contribution >= 0.6 is 0 Å². The number of amides is 1. The highest BCUT2D eigenvalue weighted by atomic mass is 32.2. The molecule has 0 radical (unpaired) electrons. The number of para-hydroxylation sites is 1. The van der Waals surface area contributed by atoms with Gasteiger partial charge < -0.3 is 14.2 Å². The summed E-state index contributed by atoms with van der Waals surface area (Å²) in [6.45, 7) is 1.95. The number of carbonyl (C=O) groups excluding carboxylic acids is 1. The number of aryl methyl sites for hydroxylation is 1. The summed E-state index contributed by atoms with van der Waals surface area (Å²) in [5.41, 5.74) is 3.67. The number of rotatable bonds is 6. The number of anilines is 1. The van der Waals surface area contributed by atoms with E-state index in [-0.39, 0.29) is 45.5 Å². The Hall–Kier alpha value is -5.10. The Balaban J connectivity index is 1.60. The highest BCUT2D eigenvalue weighted by Gasteiger charge is 2.26. The second-order valence-corrected chi connectivity index (χ2v) is 11.8. The lowest BCUT2D eigenvalue weighted by Crippen LogP contribution is -2.25. The van der Waals surface area contributed by atoms with Gasteiger partial charge in [-0.1, -0.05) is 35.9 Å². The van der Waals surface area contributed by atoms with Gasteiger partial charge in [0.15, 0.2) is 11.4 Å². The molecular formula is C30H24FN5O5S. The summed E-state index contributed by atoms with van der Waals surface area (Å²) in [5.74, 6) is -0.546. The highest BCUT2D eigenvalue weighted by molar-refractivity contribution is 7.92. The number of nitrogens with one attached hydrogen (secondary N) is 1. The van der Waals surface area contributed by atoms with Crippen LogP contribution in [-0.2, 0) is 10.0 Å². The van der Waals surface area contributed by atoms with Gasteiger partial charge in [0.05, 0.1) is 35.6 Å². The number of aromatic nitrogens is 3. The minimum absolute atomic E-state index is 0.0413. The van der Waals surface area contributed by atoms with Crippen molar-refractivity contribution in [3.8, 4) is 34.2 Å². The molecule has 0 spiro atoms. The monoisotopic (exact) mass is 585 g/mol. The predicted molar refractivity (Wildman–Crippen MR) is 157 cm³/mol. The largest absolute Gasteiger partial charge is 0.455 e. The van der Waals surface area contributed by atoms with Crippen molar-refractivity contribution in [1.29, 1.82) is 0 Å². The summed E-state index contributed by atoms with van der Waals surface area (Å²) < 4.78 is 52.7. The van der Waals surface area contributed by atoms with Crippen molar-refractivity contribution < 1.29 is 26.4 Å². The Morgan fingerprint density at radius 2 is 1.71 bits per heavy atom. The number of fused-ring (bicyclic) bond motifs is 2. The molecular weight excluding hydrogens is 561 g/mol. The first kappa shape index (κ1) is 27.1. The first-order valence-corrected chi connectivity index (χ1v) is 14.6. The standard InChI is InChI=1S/C30H24FN5O5S/c1-16-8-10-17(11-9-16)28-26(29(37)32-2)19-12-18(23(13-25(19)40-28)36(3)42(4,38)39)21-14-33-15-22(34-21)30-35-27-20(31)6-5-7-24(27)41-30/h5-15H,1-4H3,(H,32,37). The molecule has 12 heteroatoms. The van der Waals surface area contributed by atoms with Gasteiger partial charge in [0.1, 0.15) is 22.6 Å². The van der Waals surface area contributed by atoms with Crippen molar-refractivity contribution in [3.63, 3.8) is 0 Å². The van der Waals surface area contributed by atoms with Crippen LogP contribution in [0.25, 0.3) is 56.2 Å². The first-order valence-electron chi connectivity index (χ1n) is 12.8. The molecule has 42 heavy (non-hydrogen) atoms. The zero-order chi connectivity index (χ0) is 29.8. The smallest absolute Gasteiger partial charge is 0.255 e. The molecule has 3 heterocycles. The van der Waals surface area contributed by atoms with Crippen molar-refractivity contribution >= 4 is 43.7 Å². The van der Waals surface area contributed by atoms with Gasteiger partial charge in [-0.3, -0.25) is 14.1 Å². The third kappa shape index (κ3) is 4.65. The number of benzene rings is 3. The summed E-state index contributed by atoms with van der Waals surface area (Å²) in [7, 11) is -0.803. The normalized spacial score (nSPS) is 11.7. The van der Waals surface area contributed by atoms with E-state index in [2.05, 4.69) is 20.3 Å². The number of halogens is 1. The zero-order valence-corrected chi connectivity index (χ0v) is 23.8. The lowest BCUT2D eigenvalue weighted by Gasteiger charge is -2.20. The third-order valence-electron chi connectivity index (χ3n) is 6.91. The zero-order valence-electron chi connectivity index (χ0n) is 23.0. The van der Waals surface area contributed by atoms with Crippen LogP contribution in [0, 0.1) is 12.7 Å². The molecule has 1 N–H and O–H groups in total. The average molecular weight is 586 g/mol. The maximum atomic E-state index is 14.3. The fourth-order valence-corrected chi connectivity index (χ4v) is 5.17. The minimum atomic E-state index is -3.73. The SMILES string of the molecule is CNC(=O)c1c(-c2ccc(C)cc2)oc2cc(N(C)S(C)(=O)=O)c(-c3cncc(-c4nc5c(F)cccc5o4)n3)cc12. The van der Waals surface area contributed by atoms with Gasteiger partial charge in [-0.15, -0.1) is 0 Å². The number of oxazole rings is 1. The quantitative estimate of drug-likeness (QED) is 0.269. The third-order valence-corrected chi connectivity index (χ3v) is 8.10. The molecule has 0 aliphatic carbocycles. The second-order valence-electron chi connectivity index (χ2n) is 9.74. The van der Waals surface area contributed by atoms with Gasteiger partial charge in [0, 0.05) is 36.7 Å². The molecule has 0 aliphatic rings. The molecule has 0 atom stereocenters. The lowest BCUT2D eigenvalue weighted by atomic mass is 10.0. The summed E-state index contributed by atoms with van der Waals surface area (Å²) in [5, 5.41) is 3.11. The average Bonchev–Trinajstić information content (AvgIpc) is 3.58. The van der Waals surface area contributed by atoms with Crippen LogP contribution in [0.4, 0.5) is 10.1 Å². The fraction of sp³-hybridized carbons (Fsp3) is 0.133. The maximum Gasteiger partial charge on any atom is 0.255 e. The van der Waals surface area contributed by atoms with Crippen LogP contribution in [0.15, 0.2) is 75.8 Å². The van der Waals surface area contributed by atoms with Crippen molar-refractivity contribution in [1.82, 2.24) is 20.3 Å². The Morgan fingerprint density at radius 1 is 0.976 bits per heavy atom. The number of hydrogen-bond donors (Lipinski definition) is 1. The molecule has 212 valence electrons.